The molecule has 0 aliphatic heterocycles. The lowest BCUT2D eigenvalue weighted by molar-refractivity contribution is -0.274. The van der Waals surface area contributed by atoms with Crippen LogP contribution in [0.1, 0.15) is 25.8 Å². The third-order valence-electron chi connectivity index (χ3n) is 3.95. The molecule has 2 aromatic carbocycles. The molecule has 0 fully saturated rings. The minimum absolute atomic E-state index is 0.0414. The highest BCUT2D eigenvalue weighted by molar-refractivity contribution is 6.04. The first-order valence-corrected chi connectivity index (χ1v) is 8.81. The topological polar surface area (TPSA) is 76.7 Å². The van der Waals surface area contributed by atoms with Crippen LogP contribution in [-0.4, -0.2) is 18.0 Å². The summed E-state index contributed by atoms with van der Waals surface area (Å²) in [5.74, 6) is -0.590. The molecule has 0 aliphatic carbocycles. The number of rotatable bonds is 7. The van der Waals surface area contributed by atoms with Crippen LogP contribution in [0.25, 0.3) is 0 Å². The number of amides is 1. The van der Waals surface area contributed by atoms with Gasteiger partial charge < -0.3 is 15.8 Å². The molecule has 0 aromatic heterocycles. The van der Waals surface area contributed by atoms with Crippen LogP contribution >= 0.6 is 0 Å². The Morgan fingerprint density at radius 2 is 1.69 bits per heavy atom. The summed E-state index contributed by atoms with van der Waals surface area (Å²) in [5.41, 5.74) is 9.07. The lowest BCUT2D eigenvalue weighted by Crippen LogP contribution is -2.25. The second-order valence-corrected chi connectivity index (χ2v) is 6.34. The van der Waals surface area contributed by atoms with Crippen molar-refractivity contribution in [3.05, 3.63) is 71.4 Å². The van der Waals surface area contributed by atoms with E-state index in [-0.39, 0.29) is 24.6 Å². The van der Waals surface area contributed by atoms with Gasteiger partial charge in [-0.15, -0.1) is 13.2 Å². The highest BCUT2D eigenvalue weighted by Gasteiger charge is 2.30. The number of ether oxygens (including phenoxy) is 1. The van der Waals surface area contributed by atoms with Gasteiger partial charge in [-0.05, 0) is 43.7 Å². The normalized spacial score (nSPS) is 12.9. The van der Waals surface area contributed by atoms with Crippen LogP contribution in [0.2, 0.25) is 0 Å². The van der Waals surface area contributed by atoms with Crippen molar-refractivity contribution in [2.75, 3.05) is 0 Å². The molecule has 0 aliphatic rings. The zero-order valence-electron chi connectivity index (χ0n) is 16.1. The van der Waals surface area contributed by atoms with Crippen molar-refractivity contribution in [2.24, 2.45) is 10.7 Å². The van der Waals surface area contributed by atoms with Crippen LogP contribution in [0, 0.1) is 0 Å². The second-order valence-electron chi connectivity index (χ2n) is 6.34. The average molecular weight is 405 g/mol. The van der Waals surface area contributed by atoms with Crippen LogP contribution in [0.5, 0.6) is 5.75 Å². The molecule has 0 bridgehead atoms. The number of alkyl halides is 3. The minimum atomic E-state index is -4.74. The molecule has 0 saturated heterocycles. The highest BCUT2D eigenvalue weighted by atomic mass is 19.4. The van der Waals surface area contributed by atoms with E-state index < -0.39 is 6.36 Å². The fourth-order valence-corrected chi connectivity index (χ4v) is 2.55. The van der Waals surface area contributed by atoms with Gasteiger partial charge in [-0.25, -0.2) is 0 Å². The molecule has 0 atom stereocenters. The number of hydrogen-bond acceptors (Lipinski definition) is 4. The Balaban J connectivity index is 1.96. The number of halogens is 3. The van der Waals surface area contributed by atoms with Crippen LogP contribution in [0.3, 0.4) is 0 Å². The predicted molar refractivity (Wildman–Crippen MR) is 106 cm³/mol. The Morgan fingerprint density at radius 3 is 2.24 bits per heavy atom. The minimum Gasteiger partial charge on any atom is -0.406 e. The van der Waals surface area contributed by atoms with Gasteiger partial charge in [0.05, 0.1) is 12.1 Å². The van der Waals surface area contributed by atoms with E-state index in [4.69, 9.17) is 5.73 Å². The Bertz CT molecular complexity index is 886. The predicted octanol–water partition coefficient (Wildman–Crippen LogP) is 4.62. The SMILES string of the molecule is CC(=Nc1ccccc1)C(CC(=O)NCc1ccc(OC(F)(F)F)cc1)=C(C)N. The van der Waals surface area contributed by atoms with Crippen molar-refractivity contribution < 1.29 is 22.7 Å². The quantitative estimate of drug-likeness (QED) is 0.660. The van der Waals surface area contributed by atoms with Gasteiger partial charge in [0.2, 0.25) is 5.91 Å². The van der Waals surface area contributed by atoms with Crippen molar-refractivity contribution >= 4 is 17.3 Å². The van der Waals surface area contributed by atoms with E-state index in [0.717, 1.165) is 5.69 Å². The zero-order valence-corrected chi connectivity index (χ0v) is 16.1. The van der Waals surface area contributed by atoms with E-state index >= 15 is 0 Å². The van der Waals surface area contributed by atoms with E-state index in [2.05, 4.69) is 15.0 Å². The Kier molecular flexibility index (Phi) is 7.41. The number of carbonyl (C=O) groups excluding carboxylic acids is 1. The molecule has 0 spiro atoms. The first-order chi connectivity index (χ1) is 13.6. The second kappa shape index (κ2) is 9.77. The fraction of sp³-hybridized carbons (Fsp3) is 0.238. The van der Waals surface area contributed by atoms with Crippen LogP contribution < -0.4 is 15.8 Å². The number of hydrogen-bond donors (Lipinski definition) is 2. The summed E-state index contributed by atoms with van der Waals surface area (Å²) >= 11 is 0. The van der Waals surface area contributed by atoms with E-state index in [9.17, 15) is 18.0 Å². The number of allylic oxidation sites excluding steroid dienone is 1. The Morgan fingerprint density at radius 1 is 1.07 bits per heavy atom. The van der Waals surface area contributed by atoms with Gasteiger partial charge in [0, 0.05) is 23.5 Å². The van der Waals surface area contributed by atoms with E-state index in [0.29, 0.717) is 22.5 Å². The molecule has 3 N–H and O–H groups in total. The number of aliphatic imine (C=N–C) groups is 1. The van der Waals surface area contributed by atoms with Gasteiger partial charge in [0.1, 0.15) is 5.75 Å². The number of nitrogens with one attached hydrogen (secondary N) is 1. The van der Waals surface area contributed by atoms with Crippen molar-refractivity contribution in [2.45, 2.75) is 33.2 Å². The molecule has 154 valence electrons. The number of nitrogens with zero attached hydrogens (tertiary/aromatic N) is 1. The summed E-state index contributed by atoms with van der Waals surface area (Å²) in [7, 11) is 0. The lowest BCUT2D eigenvalue weighted by Gasteiger charge is -2.12. The first kappa shape index (κ1) is 22.0. The van der Waals surface area contributed by atoms with Gasteiger partial charge >= 0.3 is 6.36 Å². The molecular weight excluding hydrogens is 383 g/mol. The van der Waals surface area contributed by atoms with Crippen LogP contribution in [0.4, 0.5) is 18.9 Å². The molecule has 2 rings (SSSR count). The average Bonchev–Trinajstić information content (AvgIpc) is 2.65. The van der Waals surface area contributed by atoms with Gasteiger partial charge in [0.25, 0.3) is 0 Å². The molecule has 0 saturated carbocycles. The van der Waals surface area contributed by atoms with E-state index in [1.165, 1.54) is 24.3 Å². The summed E-state index contributed by atoms with van der Waals surface area (Å²) in [6.45, 7) is 3.65. The van der Waals surface area contributed by atoms with Gasteiger partial charge in [-0.3, -0.25) is 9.79 Å². The van der Waals surface area contributed by atoms with Crippen molar-refractivity contribution in [3.8, 4) is 5.75 Å². The fourth-order valence-electron chi connectivity index (χ4n) is 2.55. The number of nitrogens with two attached hydrogens (primary N) is 1. The molecule has 2 aromatic rings. The molecule has 1 amide bonds. The Labute approximate surface area is 167 Å². The zero-order chi connectivity index (χ0) is 21.4. The molecule has 0 heterocycles. The van der Waals surface area contributed by atoms with Crippen LogP contribution in [-0.2, 0) is 11.3 Å². The van der Waals surface area contributed by atoms with Crippen molar-refractivity contribution in [1.29, 1.82) is 0 Å². The maximum Gasteiger partial charge on any atom is 0.573 e. The third kappa shape index (κ3) is 7.69. The van der Waals surface area contributed by atoms with Gasteiger partial charge in [-0.2, -0.15) is 0 Å². The smallest absolute Gasteiger partial charge is 0.406 e. The lowest BCUT2D eigenvalue weighted by atomic mass is 10.1. The van der Waals surface area contributed by atoms with Crippen molar-refractivity contribution in [1.82, 2.24) is 5.32 Å². The summed E-state index contributed by atoms with van der Waals surface area (Å²) in [5, 5.41) is 2.72. The van der Waals surface area contributed by atoms with E-state index in [1.807, 2.05) is 30.3 Å². The first-order valence-electron chi connectivity index (χ1n) is 8.81. The standard InChI is InChI=1S/C21H22F3N3O2/c1-14(25)19(15(2)27-17-6-4-3-5-7-17)12-20(28)26-13-16-8-10-18(11-9-16)29-21(22,23)24/h3-11H,12-13,25H2,1-2H3,(H,26,28). The molecule has 0 radical (unpaired) electrons. The maximum atomic E-state index is 12.3. The number of benzene rings is 2. The monoisotopic (exact) mass is 405 g/mol. The van der Waals surface area contributed by atoms with Crippen molar-refractivity contribution in [3.63, 3.8) is 0 Å². The molecule has 5 nitrogen and oxygen atoms in total. The summed E-state index contributed by atoms with van der Waals surface area (Å²) < 4.78 is 40.4. The molecule has 0 unspecified atom stereocenters. The highest BCUT2D eigenvalue weighted by Crippen LogP contribution is 2.22. The van der Waals surface area contributed by atoms with Gasteiger partial charge in [0.15, 0.2) is 0 Å². The third-order valence-corrected chi connectivity index (χ3v) is 3.95. The number of carbonyl (C=O) groups is 1. The van der Waals surface area contributed by atoms with E-state index in [1.54, 1.807) is 13.8 Å². The summed E-state index contributed by atoms with van der Waals surface area (Å²) in [4.78, 5) is 16.8. The Hall–Kier alpha value is -3.29. The largest absolute Gasteiger partial charge is 0.573 e. The molecular formula is C21H22F3N3O2. The van der Waals surface area contributed by atoms with Crippen LogP contribution in [0.15, 0.2) is 70.9 Å². The number of para-hydroxylation sites is 1. The molecule has 29 heavy (non-hydrogen) atoms. The van der Waals surface area contributed by atoms with Gasteiger partial charge in [-0.1, -0.05) is 30.3 Å². The summed E-state index contributed by atoms with van der Waals surface area (Å²) in [6, 6.07) is 14.6. The summed E-state index contributed by atoms with van der Waals surface area (Å²) in [6.07, 6.45) is -4.70. The maximum absolute atomic E-state index is 12.3. The molecule has 8 heteroatoms.